The number of hydrogen-bond acceptors (Lipinski definition) is 8. The second kappa shape index (κ2) is 13.3. The van der Waals surface area contributed by atoms with Gasteiger partial charge in [-0.3, -0.25) is 0 Å². The average molecular weight is 659 g/mol. The molecule has 0 amide bonds. The summed E-state index contributed by atoms with van der Waals surface area (Å²) in [5.74, 6) is 6.97. The minimum atomic E-state index is -4.47. The molecule has 5 rings (SSSR count). The van der Waals surface area contributed by atoms with Crippen LogP contribution in [0.25, 0.3) is 10.9 Å². The summed E-state index contributed by atoms with van der Waals surface area (Å²) in [5, 5.41) is 13.6. The first-order valence-corrected chi connectivity index (χ1v) is 16.3. The first-order valence-electron chi connectivity index (χ1n) is 14.8. The third-order valence-electron chi connectivity index (χ3n) is 8.19. The van der Waals surface area contributed by atoms with Crippen molar-refractivity contribution in [2.24, 2.45) is 5.14 Å². The lowest BCUT2D eigenvalue weighted by Gasteiger charge is -2.33. The molecule has 0 bridgehead atoms. The Morgan fingerprint density at radius 3 is 2.48 bits per heavy atom. The Bertz CT molecular complexity index is 1870. The van der Waals surface area contributed by atoms with Gasteiger partial charge >= 0.3 is 6.18 Å². The molecule has 46 heavy (non-hydrogen) atoms. The number of aryl methyl sites for hydroxylation is 1. The molecule has 10 nitrogen and oxygen atoms in total. The molecule has 0 saturated heterocycles. The molecular formula is C32H37F3N6O4S. The highest BCUT2D eigenvalue weighted by molar-refractivity contribution is 7.89. The van der Waals surface area contributed by atoms with Crippen molar-refractivity contribution in [1.29, 1.82) is 0 Å². The number of fused-ring (bicyclic) bond motifs is 1. The highest BCUT2D eigenvalue weighted by atomic mass is 32.2. The zero-order valence-corrected chi connectivity index (χ0v) is 26.9. The molecule has 0 atom stereocenters. The van der Waals surface area contributed by atoms with E-state index in [1.807, 2.05) is 6.07 Å². The summed E-state index contributed by atoms with van der Waals surface area (Å²) in [6.45, 7) is 0.467. The minimum Gasteiger partial charge on any atom is -0.495 e. The van der Waals surface area contributed by atoms with Gasteiger partial charge in [-0.25, -0.2) is 13.6 Å². The number of hydrogen-bond donors (Lipinski definition) is 2. The van der Waals surface area contributed by atoms with Crippen LogP contribution in [0, 0.1) is 18.8 Å². The molecule has 4 aromatic rings. The fourth-order valence-electron chi connectivity index (χ4n) is 5.86. The molecule has 1 fully saturated rings. The van der Waals surface area contributed by atoms with Crippen molar-refractivity contribution in [2.45, 2.75) is 62.3 Å². The predicted octanol–water partition coefficient (Wildman–Crippen LogP) is 5.63. The molecule has 0 radical (unpaired) electrons. The number of sulfonamides is 1. The van der Waals surface area contributed by atoms with Crippen molar-refractivity contribution in [1.82, 2.24) is 14.6 Å². The Labute approximate surface area is 266 Å². The minimum absolute atomic E-state index is 0.0369. The summed E-state index contributed by atoms with van der Waals surface area (Å²) < 4.78 is 77.2. The monoisotopic (exact) mass is 658 g/mol. The van der Waals surface area contributed by atoms with Crippen LogP contribution in [0.15, 0.2) is 57.9 Å². The summed E-state index contributed by atoms with van der Waals surface area (Å²) in [4.78, 5) is 3.70. The number of benzene rings is 2. The van der Waals surface area contributed by atoms with E-state index in [1.165, 1.54) is 29.9 Å². The van der Waals surface area contributed by atoms with E-state index < -0.39 is 22.7 Å². The highest BCUT2D eigenvalue weighted by Crippen LogP contribution is 2.36. The maximum absolute atomic E-state index is 13.8. The van der Waals surface area contributed by atoms with Gasteiger partial charge in [-0.15, -0.1) is 0 Å². The average Bonchev–Trinajstić information content (AvgIpc) is 3.57. The Hall–Kier alpha value is -4.19. The molecule has 1 aliphatic rings. The van der Waals surface area contributed by atoms with Crippen molar-refractivity contribution >= 4 is 38.1 Å². The Morgan fingerprint density at radius 2 is 1.87 bits per heavy atom. The van der Waals surface area contributed by atoms with Crippen molar-refractivity contribution < 1.29 is 30.8 Å². The Morgan fingerprint density at radius 1 is 1.13 bits per heavy atom. The second-order valence-electron chi connectivity index (χ2n) is 11.6. The molecular weight excluding hydrogens is 621 g/mol. The van der Waals surface area contributed by atoms with E-state index >= 15 is 0 Å². The second-order valence-corrected chi connectivity index (χ2v) is 13.2. The van der Waals surface area contributed by atoms with E-state index in [9.17, 15) is 21.6 Å². The fourth-order valence-corrected chi connectivity index (χ4v) is 6.39. The van der Waals surface area contributed by atoms with Crippen LogP contribution in [0.1, 0.15) is 37.1 Å². The lowest BCUT2D eigenvalue weighted by molar-refractivity contribution is -0.140. The maximum Gasteiger partial charge on any atom is 0.406 e. The molecule has 14 heteroatoms. The number of nitrogens with one attached hydrogen (secondary N) is 1. The molecule has 0 spiro atoms. The molecule has 0 aliphatic heterocycles. The fraction of sp³-hybridized carbons (Fsp3) is 0.406. The van der Waals surface area contributed by atoms with Gasteiger partial charge < -0.3 is 28.9 Å². The van der Waals surface area contributed by atoms with Crippen LogP contribution in [0.3, 0.4) is 0 Å². The molecule has 1 saturated carbocycles. The quantitative estimate of drug-likeness (QED) is 0.222. The largest absolute Gasteiger partial charge is 0.495 e. The van der Waals surface area contributed by atoms with Crippen LogP contribution in [0.4, 0.5) is 30.4 Å². The van der Waals surface area contributed by atoms with E-state index in [4.69, 9.17) is 14.4 Å². The molecule has 2 aromatic carbocycles. The molecule has 2 heterocycles. The number of anilines is 3. The van der Waals surface area contributed by atoms with Crippen molar-refractivity contribution in [2.75, 3.05) is 38.0 Å². The first kappa shape index (κ1) is 33.2. The molecule has 2 aromatic heterocycles. The lowest BCUT2D eigenvalue weighted by Crippen LogP contribution is -2.36. The summed E-state index contributed by atoms with van der Waals surface area (Å²) in [6, 6.07) is 13.5. The van der Waals surface area contributed by atoms with E-state index in [1.54, 1.807) is 36.1 Å². The Balaban J connectivity index is 1.50. The van der Waals surface area contributed by atoms with Crippen molar-refractivity contribution in [3.05, 3.63) is 60.0 Å². The van der Waals surface area contributed by atoms with Gasteiger partial charge in [0.15, 0.2) is 5.82 Å². The lowest BCUT2D eigenvalue weighted by atomic mass is 9.90. The number of ether oxygens (including phenoxy) is 1. The maximum atomic E-state index is 13.8. The van der Waals surface area contributed by atoms with Crippen LogP contribution >= 0.6 is 0 Å². The SMILES string of the molecule is COc1cc(S(N)(=O)=O)ccc1N(CC#Cc1cc2c(NC3CCC(N(C)C)CC3)cccc2n1CC(F)(F)F)c1cc(C)on1. The standard InChI is InChI=1S/C32H37F3N6O4S/c1-21-17-31(38-45-21)40(29-15-14-25(46(36,42)43)19-30(29)44-4)16-6-7-24-18-26-27(37-22-10-12-23(13-11-22)39(2)3)8-5-9-28(26)41(24)20-32(33,34)35/h5,8-9,14-15,17-19,22-23,37H,10-13,16,20H2,1-4H3,(H2,36,42,43). The van der Waals surface area contributed by atoms with Crippen molar-refractivity contribution in [3.8, 4) is 17.6 Å². The summed E-state index contributed by atoms with van der Waals surface area (Å²) in [6.07, 6.45) is -0.450. The zero-order chi connectivity index (χ0) is 33.2. The number of aromatic nitrogens is 2. The smallest absolute Gasteiger partial charge is 0.406 e. The van der Waals surface area contributed by atoms with Crippen LogP contribution in [0.2, 0.25) is 0 Å². The third kappa shape index (κ3) is 7.60. The van der Waals surface area contributed by atoms with Crippen LogP contribution in [0.5, 0.6) is 5.75 Å². The zero-order valence-electron chi connectivity index (χ0n) is 26.1. The van der Waals surface area contributed by atoms with Crippen LogP contribution in [-0.2, 0) is 16.6 Å². The number of alkyl halides is 3. The van der Waals surface area contributed by atoms with E-state index in [2.05, 4.69) is 41.3 Å². The summed E-state index contributed by atoms with van der Waals surface area (Å²) >= 11 is 0. The predicted molar refractivity (Wildman–Crippen MR) is 171 cm³/mol. The van der Waals surface area contributed by atoms with Gasteiger partial charge in [0.25, 0.3) is 0 Å². The Kier molecular flexibility index (Phi) is 9.57. The van der Waals surface area contributed by atoms with Gasteiger partial charge in [0.2, 0.25) is 10.0 Å². The van der Waals surface area contributed by atoms with E-state index in [0.29, 0.717) is 34.2 Å². The number of nitrogens with two attached hydrogens (primary N) is 1. The topological polar surface area (TPSA) is 119 Å². The van der Waals surface area contributed by atoms with Crippen LogP contribution in [-0.4, -0.2) is 69.1 Å². The molecule has 3 N–H and O–H groups in total. The van der Waals surface area contributed by atoms with Crippen LogP contribution < -0.4 is 20.1 Å². The number of primary sulfonamides is 1. The van der Waals surface area contributed by atoms with Gasteiger partial charge in [-0.05, 0) is 83.0 Å². The molecule has 0 unspecified atom stereocenters. The van der Waals surface area contributed by atoms with Gasteiger partial charge in [0.05, 0.1) is 35.4 Å². The normalized spacial score (nSPS) is 17.2. The summed E-state index contributed by atoms with van der Waals surface area (Å²) in [5.41, 5.74) is 1.81. The molecule has 1 aliphatic carbocycles. The first-order chi connectivity index (χ1) is 21.7. The van der Waals surface area contributed by atoms with Crippen molar-refractivity contribution in [3.63, 3.8) is 0 Å². The number of rotatable bonds is 9. The number of methoxy groups -OCH3 is 1. The number of halogens is 3. The van der Waals surface area contributed by atoms with E-state index in [-0.39, 0.29) is 28.9 Å². The third-order valence-corrected chi connectivity index (χ3v) is 9.10. The van der Waals surface area contributed by atoms with E-state index in [0.717, 1.165) is 31.4 Å². The van der Waals surface area contributed by atoms with Gasteiger partial charge in [0, 0.05) is 35.3 Å². The van der Waals surface area contributed by atoms with Gasteiger partial charge in [-0.1, -0.05) is 17.1 Å². The summed E-state index contributed by atoms with van der Waals surface area (Å²) in [7, 11) is 1.53. The number of nitrogens with zero attached hydrogens (tertiary/aromatic N) is 4. The molecule has 246 valence electrons. The highest BCUT2D eigenvalue weighted by Gasteiger charge is 2.30. The van der Waals surface area contributed by atoms with Gasteiger partial charge in [0.1, 0.15) is 18.1 Å². The van der Waals surface area contributed by atoms with Gasteiger partial charge in [-0.2, -0.15) is 13.2 Å².